The second-order valence-corrected chi connectivity index (χ2v) is 18.8. The molecule has 1 saturated heterocycles. The molecule has 1 aliphatic heterocycles. The first-order valence-corrected chi connectivity index (χ1v) is 16.7. The summed E-state index contributed by atoms with van der Waals surface area (Å²) in [5.41, 5.74) is -1.86. The number of hydrogen-bond donors (Lipinski definition) is 0. The molecule has 0 aromatic carbocycles. The SMILES string of the molecule is C=CC[C@@]1(C(=O)O[C@H]2C[C@@H](C)CC[C@@H]2C(C)C)C[C@@H](O[Si](C)(C)C(C)(C)C)CN1C(=O)OC(C)(C)C. The zero-order chi connectivity index (χ0) is 27.7. The van der Waals surface area contributed by atoms with E-state index in [4.69, 9.17) is 13.9 Å². The van der Waals surface area contributed by atoms with E-state index in [-0.39, 0.29) is 23.2 Å². The first-order chi connectivity index (χ1) is 16.3. The minimum absolute atomic E-state index is 0.0106. The Bertz CT molecular complexity index is 796. The van der Waals surface area contributed by atoms with Crippen LogP contribution in [-0.2, 0) is 18.7 Å². The van der Waals surface area contributed by atoms with E-state index in [1.807, 2.05) is 20.8 Å². The van der Waals surface area contributed by atoms with E-state index < -0.39 is 25.6 Å². The number of likely N-dealkylation sites (tertiary alicyclic amines) is 1. The molecule has 1 heterocycles. The largest absolute Gasteiger partial charge is 0.460 e. The highest BCUT2D eigenvalue weighted by Crippen LogP contribution is 2.44. The van der Waals surface area contributed by atoms with E-state index in [0.29, 0.717) is 37.1 Å². The molecule has 0 aromatic rings. The summed E-state index contributed by atoms with van der Waals surface area (Å²) in [4.78, 5) is 29.2. The van der Waals surface area contributed by atoms with Crippen LogP contribution in [0.25, 0.3) is 0 Å². The van der Waals surface area contributed by atoms with Crippen molar-refractivity contribution in [1.29, 1.82) is 0 Å². The predicted octanol–water partition coefficient (Wildman–Crippen LogP) is 7.34. The Hall–Kier alpha value is -1.34. The van der Waals surface area contributed by atoms with Gasteiger partial charge in [0.1, 0.15) is 17.2 Å². The number of nitrogens with zero attached hydrogens (tertiary/aromatic N) is 1. The normalized spacial score (nSPS) is 29.8. The van der Waals surface area contributed by atoms with E-state index in [0.717, 1.165) is 19.3 Å². The minimum atomic E-state index is -2.14. The topological polar surface area (TPSA) is 65.1 Å². The molecule has 5 atom stereocenters. The van der Waals surface area contributed by atoms with Crippen LogP contribution in [0.5, 0.6) is 0 Å². The number of ether oxygens (including phenoxy) is 2. The van der Waals surface area contributed by atoms with Crippen LogP contribution in [0.15, 0.2) is 12.7 Å². The van der Waals surface area contributed by atoms with E-state index >= 15 is 0 Å². The van der Waals surface area contributed by atoms with Gasteiger partial charge in [0.15, 0.2) is 8.32 Å². The molecule has 1 aliphatic carbocycles. The van der Waals surface area contributed by atoms with Gasteiger partial charge >= 0.3 is 12.1 Å². The zero-order valence-corrected chi connectivity index (χ0v) is 25.9. The number of esters is 1. The van der Waals surface area contributed by atoms with Crippen LogP contribution < -0.4 is 0 Å². The Morgan fingerprint density at radius 1 is 1.14 bits per heavy atom. The summed E-state index contributed by atoms with van der Waals surface area (Å²) in [6.45, 7) is 27.4. The van der Waals surface area contributed by atoms with Crippen molar-refractivity contribution in [2.24, 2.45) is 17.8 Å². The van der Waals surface area contributed by atoms with Crippen LogP contribution >= 0.6 is 0 Å². The number of carbonyl (C=O) groups excluding carboxylic acids is 2. The van der Waals surface area contributed by atoms with Crippen LogP contribution in [0.2, 0.25) is 18.1 Å². The molecule has 0 radical (unpaired) electrons. The lowest BCUT2D eigenvalue weighted by atomic mass is 9.75. The molecule has 1 saturated carbocycles. The summed E-state index contributed by atoms with van der Waals surface area (Å²) in [5.74, 6) is 0.903. The van der Waals surface area contributed by atoms with Gasteiger partial charge in [-0.1, -0.05) is 54.0 Å². The summed E-state index contributed by atoms with van der Waals surface area (Å²) in [5, 5.41) is 0.0106. The van der Waals surface area contributed by atoms with Crippen molar-refractivity contribution < 1.29 is 23.5 Å². The van der Waals surface area contributed by atoms with E-state index in [2.05, 4.69) is 61.2 Å². The summed E-state index contributed by atoms with van der Waals surface area (Å²) < 4.78 is 18.9. The first kappa shape index (κ1) is 30.9. The molecule has 0 unspecified atom stereocenters. The summed E-state index contributed by atoms with van der Waals surface area (Å²) >= 11 is 0. The second-order valence-electron chi connectivity index (χ2n) is 14.1. The van der Waals surface area contributed by atoms with Gasteiger partial charge in [0, 0.05) is 6.42 Å². The van der Waals surface area contributed by atoms with Gasteiger partial charge in [-0.05, 0) is 75.9 Å². The molecule has 1 amide bonds. The fourth-order valence-electron chi connectivity index (χ4n) is 5.38. The van der Waals surface area contributed by atoms with Gasteiger partial charge in [-0.15, -0.1) is 6.58 Å². The molecular formula is C29H53NO5Si. The van der Waals surface area contributed by atoms with Crippen LogP contribution in [0, 0.1) is 17.8 Å². The summed E-state index contributed by atoms with van der Waals surface area (Å²) in [6, 6.07) is 0. The monoisotopic (exact) mass is 523 g/mol. The molecular weight excluding hydrogens is 470 g/mol. The molecule has 208 valence electrons. The van der Waals surface area contributed by atoms with Crippen molar-refractivity contribution in [2.45, 2.75) is 136 Å². The van der Waals surface area contributed by atoms with Crippen LogP contribution in [0.1, 0.15) is 94.4 Å². The lowest BCUT2D eigenvalue weighted by molar-refractivity contribution is -0.168. The van der Waals surface area contributed by atoms with E-state index in [9.17, 15) is 9.59 Å². The number of amides is 1. The molecule has 2 fully saturated rings. The lowest BCUT2D eigenvalue weighted by Gasteiger charge is -2.41. The molecule has 0 aromatic heterocycles. The molecule has 36 heavy (non-hydrogen) atoms. The van der Waals surface area contributed by atoms with Gasteiger partial charge in [0.2, 0.25) is 0 Å². The summed E-state index contributed by atoms with van der Waals surface area (Å²) in [6.07, 6.45) is 4.56. The van der Waals surface area contributed by atoms with Gasteiger partial charge in [0.05, 0.1) is 12.6 Å². The van der Waals surface area contributed by atoms with Crippen molar-refractivity contribution in [3.63, 3.8) is 0 Å². The fourth-order valence-corrected chi connectivity index (χ4v) is 6.72. The van der Waals surface area contributed by atoms with Crippen molar-refractivity contribution >= 4 is 20.4 Å². The maximum absolute atomic E-state index is 14.1. The Labute approximate surface area is 221 Å². The quantitative estimate of drug-likeness (QED) is 0.198. The molecule has 2 rings (SSSR count). The number of carbonyl (C=O) groups is 2. The third-order valence-electron chi connectivity index (χ3n) is 8.43. The Morgan fingerprint density at radius 2 is 1.75 bits per heavy atom. The third-order valence-corrected chi connectivity index (χ3v) is 13.0. The Kier molecular flexibility index (Phi) is 9.59. The van der Waals surface area contributed by atoms with E-state index in [1.165, 1.54) is 0 Å². The van der Waals surface area contributed by atoms with Crippen molar-refractivity contribution in [1.82, 2.24) is 4.90 Å². The zero-order valence-electron chi connectivity index (χ0n) is 24.9. The van der Waals surface area contributed by atoms with Crippen molar-refractivity contribution in [3.05, 3.63) is 12.7 Å². The van der Waals surface area contributed by atoms with Crippen LogP contribution in [-0.4, -0.2) is 55.2 Å². The Balaban J connectivity index is 2.44. The number of hydrogen-bond acceptors (Lipinski definition) is 5. The summed E-state index contributed by atoms with van der Waals surface area (Å²) in [7, 11) is -2.14. The van der Waals surface area contributed by atoms with Gasteiger partial charge in [0.25, 0.3) is 0 Å². The maximum atomic E-state index is 14.1. The second kappa shape index (κ2) is 11.2. The van der Waals surface area contributed by atoms with Crippen molar-refractivity contribution in [3.8, 4) is 0 Å². The van der Waals surface area contributed by atoms with Gasteiger partial charge in [-0.3, -0.25) is 4.90 Å². The highest BCUT2D eigenvalue weighted by atomic mass is 28.4. The van der Waals surface area contributed by atoms with Crippen LogP contribution in [0.3, 0.4) is 0 Å². The third kappa shape index (κ3) is 7.15. The van der Waals surface area contributed by atoms with Crippen LogP contribution in [0.4, 0.5) is 4.79 Å². The maximum Gasteiger partial charge on any atom is 0.411 e. The van der Waals surface area contributed by atoms with Gasteiger partial charge in [-0.25, -0.2) is 9.59 Å². The highest BCUT2D eigenvalue weighted by molar-refractivity contribution is 6.74. The van der Waals surface area contributed by atoms with Gasteiger partial charge < -0.3 is 13.9 Å². The first-order valence-electron chi connectivity index (χ1n) is 13.8. The fraction of sp³-hybridized carbons (Fsp3) is 0.862. The van der Waals surface area contributed by atoms with E-state index in [1.54, 1.807) is 11.0 Å². The van der Waals surface area contributed by atoms with Gasteiger partial charge in [-0.2, -0.15) is 0 Å². The molecule has 0 bridgehead atoms. The molecule has 6 nitrogen and oxygen atoms in total. The molecule has 0 spiro atoms. The average molecular weight is 524 g/mol. The standard InChI is InChI=1S/C29H53NO5Si/c1-13-16-29(25(31)33-24-17-21(4)14-15-23(24)20(2)3)18-22(35-36(11,12)28(8,9)10)19-30(29)26(32)34-27(5,6)7/h13,20-24H,1,14-19H2,2-12H3/t21-,22+,23+,24-,29-/m0/s1. The minimum Gasteiger partial charge on any atom is -0.460 e. The molecule has 2 aliphatic rings. The highest BCUT2D eigenvalue weighted by Gasteiger charge is 2.57. The van der Waals surface area contributed by atoms with Crippen molar-refractivity contribution in [2.75, 3.05) is 6.54 Å². The Morgan fingerprint density at radius 3 is 2.25 bits per heavy atom. The molecule has 7 heteroatoms. The smallest absolute Gasteiger partial charge is 0.411 e. The average Bonchev–Trinajstić information content (AvgIpc) is 3.04. The predicted molar refractivity (Wildman–Crippen MR) is 148 cm³/mol. The lowest BCUT2D eigenvalue weighted by Crippen LogP contribution is -2.56. The molecule has 0 N–H and O–H groups in total. The number of rotatable bonds is 7.